The summed E-state index contributed by atoms with van der Waals surface area (Å²) < 4.78 is 15.6. The minimum Gasteiger partial charge on any atom is -0.306 e. The summed E-state index contributed by atoms with van der Waals surface area (Å²) in [6.07, 6.45) is 0. The van der Waals surface area contributed by atoms with Crippen LogP contribution in [0.4, 0.5) is 4.39 Å². The van der Waals surface area contributed by atoms with Crippen molar-refractivity contribution in [3.05, 3.63) is 66.7 Å². The first kappa shape index (κ1) is 15.0. The highest BCUT2D eigenvalue weighted by molar-refractivity contribution is 9.11. The monoisotopic (exact) mass is 476 g/mol. The second-order valence-corrected chi connectivity index (χ2v) is 7.21. The van der Waals surface area contributed by atoms with Crippen molar-refractivity contribution in [2.45, 2.75) is 4.83 Å². The normalized spacial score (nSPS) is 12.8. The summed E-state index contributed by atoms with van der Waals surface area (Å²) in [6, 6.07) is 8.55. The van der Waals surface area contributed by atoms with Crippen LogP contribution in [0.15, 0.2) is 44.1 Å². The van der Waals surface area contributed by atoms with Gasteiger partial charge in [0.1, 0.15) is 5.82 Å². The molecule has 2 aromatic carbocycles. The fraction of sp³-hybridized carbons (Fsp3) is 0.0714. The molecule has 7 heteroatoms. The Morgan fingerprint density at radius 2 is 1.67 bits per heavy atom. The van der Waals surface area contributed by atoms with Gasteiger partial charge in [-0.3, -0.25) is 0 Å². The van der Waals surface area contributed by atoms with Crippen molar-refractivity contribution in [1.82, 2.24) is 9.97 Å². The summed E-state index contributed by atoms with van der Waals surface area (Å²) in [5, 5.41) is 0. The fourth-order valence-corrected chi connectivity index (χ4v) is 4.10. The molecule has 2 N–H and O–H groups in total. The van der Waals surface area contributed by atoms with Crippen LogP contribution in [0.3, 0.4) is 0 Å². The number of H-pyrrole nitrogens is 2. The molecule has 0 saturated carbocycles. The van der Waals surface area contributed by atoms with Gasteiger partial charge in [0.25, 0.3) is 0 Å². The molecule has 0 amide bonds. The number of hydrogen-bond acceptors (Lipinski definition) is 1. The van der Waals surface area contributed by atoms with Gasteiger partial charge in [-0.2, -0.15) is 0 Å². The first-order valence-corrected chi connectivity index (χ1v) is 8.46. The van der Waals surface area contributed by atoms with Crippen molar-refractivity contribution in [3.63, 3.8) is 0 Å². The van der Waals surface area contributed by atoms with Gasteiger partial charge in [0, 0.05) is 14.5 Å². The van der Waals surface area contributed by atoms with E-state index in [1.165, 1.54) is 6.07 Å². The van der Waals surface area contributed by atoms with Crippen LogP contribution in [0.2, 0.25) is 0 Å². The first-order valence-electron chi connectivity index (χ1n) is 5.96. The summed E-state index contributed by atoms with van der Waals surface area (Å²) in [6.45, 7) is 0. The molecular formula is C14H8Br3FN2O. The molecule has 21 heavy (non-hydrogen) atoms. The molecule has 0 aliphatic rings. The molecule has 0 radical (unpaired) electrons. The van der Waals surface area contributed by atoms with E-state index in [0.717, 1.165) is 10.0 Å². The van der Waals surface area contributed by atoms with Crippen LogP contribution in [0.1, 0.15) is 16.0 Å². The van der Waals surface area contributed by atoms with Crippen molar-refractivity contribution in [2.24, 2.45) is 0 Å². The maximum Gasteiger partial charge on any atom is 0.323 e. The van der Waals surface area contributed by atoms with E-state index in [9.17, 15) is 9.18 Å². The highest BCUT2D eigenvalue weighted by Gasteiger charge is 2.18. The van der Waals surface area contributed by atoms with Gasteiger partial charge < -0.3 is 9.97 Å². The molecule has 0 aliphatic carbocycles. The molecule has 1 heterocycles. The van der Waals surface area contributed by atoms with Crippen molar-refractivity contribution in [3.8, 4) is 0 Å². The minimum absolute atomic E-state index is 0.269. The van der Waals surface area contributed by atoms with Crippen LogP contribution in [0, 0.1) is 5.82 Å². The van der Waals surface area contributed by atoms with Crippen LogP contribution >= 0.6 is 47.8 Å². The van der Waals surface area contributed by atoms with E-state index in [1.807, 2.05) is 6.07 Å². The Morgan fingerprint density at radius 1 is 1.00 bits per heavy atom. The minimum atomic E-state index is -0.331. The quantitative estimate of drug-likeness (QED) is 0.500. The number of nitrogens with one attached hydrogen (secondary N) is 2. The number of imidazole rings is 1. The number of halogens is 4. The number of aromatic nitrogens is 2. The lowest BCUT2D eigenvalue weighted by atomic mass is 10.0. The van der Waals surface area contributed by atoms with Crippen molar-refractivity contribution in [2.75, 3.05) is 0 Å². The number of benzene rings is 2. The SMILES string of the molecule is O=c1[nH]c2cc(Br)c(C(Br)c3ccc(Br)cc3F)cc2[nH]1. The highest BCUT2D eigenvalue weighted by atomic mass is 79.9. The van der Waals surface area contributed by atoms with E-state index in [-0.39, 0.29) is 16.3 Å². The smallest absolute Gasteiger partial charge is 0.306 e. The predicted octanol–water partition coefficient (Wildman–Crippen LogP) is 5.00. The molecule has 0 spiro atoms. The topological polar surface area (TPSA) is 48.6 Å². The van der Waals surface area contributed by atoms with Gasteiger partial charge in [-0.1, -0.05) is 53.9 Å². The van der Waals surface area contributed by atoms with Crippen LogP contribution < -0.4 is 5.69 Å². The van der Waals surface area contributed by atoms with Crippen LogP contribution in [-0.4, -0.2) is 9.97 Å². The Hall–Kier alpha value is -0.920. The number of alkyl halides is 1. The molecule has 1 atom stereocenters. The predicted molar refractivity (Wildman–Crippen MR) is 91.5 cm³/mol. The molecule has 0 saturated heterocycles. The summed E-state index contributed by atoms with van der Waals surface area (Å²) in [4.78, 5) is 16.4. The molecule has 1 unspecified atom stereocenters. The third kappa shape index (κ3) is 2.86. The van der Waals surface area contributed by atoms with E-state index < -0.39 is 0 Å². The van der Waals surface area contributed by atoms with Gasteiger partial charge in [0.05, 0.1) is 15.9 Å². The van der Waals surface area contributed by atoms with Crippen molar-refractivity contribution >= 4 is 58.8 Å². The van der Waals surface area contributed by atoms with E-state index >= 15 is 0 Å². The zero-order valence-corrected chi connectivity index (χ0v) is 15.1. The maximum absolute atomic E-state index is 14.1. The highest BCUT2D eigenvalue weighted by Crippen LogP contribution is 2.38. The third-order valence-electron chi connectivity index (χ3n) is 3.14. The van der Waals surface area contributed by atoms with Gasteiger partial charge in [-0.15, -0.1) is 0 Å². The number of fused-ring (bicyclic) bond motifs is 1. The lowest BCUT2D eigenvalue weighted by Gasteiger charge is -2.14. The van der Waals surface area contributed by atoms with Gasteiger partial charge in [0.15, 0.2) is 0 Å². The van der Waals surface area contributed by atoms with Crippen molar-refractivity contribution in [1.29, 1.82) is 0 Å². The third-order valence-corrected chi connectivity index (χ3v) is 5.31. The van der Waals surface area contributed by atoms with E-state index in [4.69, 9.17) is 0 Å². The Bertz CT molecular complexity index is 888. The zero-order chi connectivity index (χ0) is 15.1. The molecular weight excluding hydrogens is 471 g/mol. The first-order chi connectivity index (χ1) is 9.95. The molecule has 3 rings (SSSR count). The fourth-order valence-electron chi connectivity index (χ4n) is 2.14. The standard InChI is InChI=1S/C14H8Br3FN2O/c15-6-1-2-7(10(18)3-6)13(17)8-4-11-12(5-9(8)16)20-14(21)19-11/h1-5,13H,(H2,19,20,21). The summed E-state index contributed by atoms with van der Waals surface area (Å²) >= 11 is 10.2. The number of rotatable bonds is 2. The molecule has 0 bridgehead atoms. The lowest BCUT2D eigenvalue weighted by molar-refractivity contribution is 0.612. The molecule has 0 fully saturated rings. The van der Waals surface area contributed by atoms with Gasteiger partial charge >= 0.3 is 5.69 Å². The van der Waals surface area contributed by atoms with Crippen LogP contribution in [0.5, 0.6) is 0 Å². The Morgan fingerprint density at radius 3 is 2.33 bits per heavy atom. The molecule has 3 aromatic rings. The Kier molecular flexibility index (Phi) is 4.07. The lowest BCUT2D eigenvalue weighted by Crippen LogP contribution is -1.99. The molecule has 108 valence electrons. The second kappa shape index (κ2) is 5.70. The summed E-state index contributed by atoms with van der Waals surface area (Å²) in [5.74, 6) is -0.305. The zero-order valence-electron chi connectivity index (χ0n) is 10.4. The average Bonchev–Trinajstić information content (AvgIpc) is 2.76. The summed E-state index contributed by atoms with van der Waals surface area (Å²) in [7, 11) is 0. The molecule has 0 aliphatic heterocycles. The average molecular weight is 479 g/mol. The van der Waals surface area contributed by atoms with Crippen LogP contribution in [-0.2, 0) is 0 Å². The maximum atomic E-state index is 14.1. The summed E-state index contributed by atoms with van der Waals surface area (Å²) in [5.41, 5.74) is 2.47. The number of aromatic amines is 2. The van der Waals surface area contributed by atoms with Crippen molar-refractivity contribution < 1.29 is 4.39 Å². The van der Waals surface area contributed by atoms with Crippen LogP contribution in [0.25, 0.3) is 11.0 Å². The molecule has 1 aromatic heterocycles. The van der Waals surface area contributed by atoms with Gasteiger partial charge in [-0.05, 0) is 29.8 Å². The number of hydrogen-bond donors (Lipinski definition) is 2. The van der Waals surface area contributed by atoms with Gasteiger partial charge in [-0.25, -0.2) is 9.18 Å². The van der Waals surface area contributed by atoms with Gasteiger partial charge in [0.2, 0.25) is 0 Å². The van der Waals surface area contributed by atoms with E-state index in [2.05, 4.69) is 57.8 Å². The Balaban J connectivity index is 2.14. The van der Waals surface area contributed by atoms with E-state index in [1.54, 1.807) is 18.2 Å². The second-order valence-electron chi connectivity index (χ2n) is 4.53. The molecule has 3 nitrogen and oxygen atoms in total. The largest absolute Gasteiger partial charge is 0.323 e. The van der Waals surface area contributed by atoms with E-state index in [0.29, 0.717) is 21.1 Å². The Labute approximate surface area is 144 Å².